The van der Waals surface area contributed by atoms with Gasteiger partial charge in [0, 0.05) is 17.7 Å². The number of benzene rings is 2. The molecule has 4 rings (SSSR count). The van der Waals surface area contributed by atoms with E-state index in [-0.39, 0.29) is 17.6 Å². The van der Waals surface area contributed by atoms with Gasteiger partial charge in [-0.2, -0.15) is 0 Å². The van der Waals surface area contributed by atoms with Crippen molar-refractivity contribution >= 4 is 17.2 Å². The van der Waals surface area contributed by atoms with Crippen LogP contribution in [-0.2, 0) is 4.79 Å². The fourth-order valence-electron chi connectivity index (χ4n) is 3.59. The molecule has 1 heterocycles. The molecule has 2 atom stereocenters. The summed E-state index contributed by atoms with van der Waals surface area (Å²) in [7, 11) is 0. The van der Waals surface area contributed by atoms with Gasteiger partial charge in [0.25, 0.3) is 0 Å². The fourth-order valence-corrected chi connectivity index (χ4v) is 3.59. The van der Waals surface area contributed by atoms with Crippen LogP contribution in [-0.4, -0.2) is 5.78 Å². The van der Waals surface area contributed by atoms with Gasteiger partial charge in [-0.1, -0.05) is 31.2 Å². The number of carbonyl (C=O) groups is 1. The lowest BCUT2D eigenvalue weighted by molar-refractivity contribution is -0.117. The molecule has 24 heavy (non-hydrogen) atoms. The van der Waals surface area contributed by atoms with Gasteiger partial charge in [-0.05, 0) is 42.2 Å². The molecular weight excluding hydrogens is 303 g/mol. The third kappa shape index (κ3) is 2.58. The summed E-state index contributed by atoms with van der Waals surface area (Å²) in [6, 6.07) is 14.0. The first-order chi connectivity index (χ1) is 11.6. The highest BCUT2D eigenvalue weighted by Gasteiger charge is 2.34. The smallest absolute Gasteiger partial charge is 0.163 e. The number of rotatable bonds is 1. The normalized spacial score (nSPS) is 22.8. The van der Waals surface area contributed by atoms with Crippen LogP contribution in [0.4, 0.5) is 15.8 Å². The van der Waals surface area contributed by atoms with E-state index in [1.807, 2.05) is 24.3 Å². The molecule has 2 aromatic rings. The highest BCUT2D eigenvalue weighted by molar-refractivity contribution is 6.00. The highest BCUT2D eigenvalue weighted by atomic mass is 19.1. The minimum Gasteiger partial charge on any atom is -0.372 e. The molecule has 4 heteroatoms. The zero-order valence-electron chi connectivity index (χ0n) is 13.5. The maximum absolute atomic E-state index is 13.3. The van der Waals surface area contributed by atoms with Crippen LogP contribution >= 0.6 is 0 Å². The molecule has 0 fully saturated rings. The average Bonchev–Trinajstić information content (AvgIpc) is 2.72. The molecule has 2 aromatic carbocycles. The fraction of sp³-hybridized carbons (Fsp3) is 0.250. The lowest BCUT2D eigenvalue weighted by atomic mass is 9.82. The number of ketones is 1. The Kier molecular flexibility index (Phi) is 3.60. The van der Waals surface area contributed by atoms with Crippen LogP contribution < -0.4 is 10.6 Å². The van der Waals surface area contributed by atoms with Gasteiger partial charge in [-0.3, -0.25) is 4.79 Å². The van der Waals surface area contributed by atoms with Gasteiger partial charge >= 0.3 is 0 Å². The van der Waals surface area contributed by atoms with Crippen molar-refractivity contribution < 1.29 is 9.18 Å². The number of allylic oxidation sites excluding steroid dienone is 1. The molecule has 0 bridgehead atoms. The number of fused-ring (bicyclic) bond motifs is 1. The summed E-state index contributed by atoms with van der Waals surface area (Å²) in [4.78, 5) is 12.8. The standard InChI is InChI=1S/C20H19FN2O/c1-12-10-17-19(18(24)11-12)20(13-6-8-14(21)9-7-13)23-16-5-3-2-4-15(16)22-17/h2-9,12,20,22-23H,10-11H2,1H3. The zero-order valence-corrected chi connectivity index (χ0v) is 13.5. The van der Waals surface area contributed by atoms with Crippen molar-refractivity contribution in [3.05, 3.63) is 71.2 Å². The summed E-state index contributed by atoms with van der Waals surface area (Å²) in [5.41, 5.74) is 4.56. The van der Waals surface area contributed by atoms with Crippen LogP contribution in [0.5, 0.6) is 0 Å². The molecule has 2 N–H and O–H groups in total. The van der Waals surface area contributed by atoms with Gasteiger partial charge in [0.15, 0.2) is 5.78 Å². The van der Waals surface area contributed by atoms with Crippen molar-refractivity contribution in [3.63, 3.8) is 0 Å². The Bertz CT molecular complexity index is 826. The second kappa shape index (κ2) is 5.78. The van der Waals surface area contributed by atoms with Crippen LogP contribution in [0, 0.1) is 11.7 Å². The lowest BCUT2D eigenvalue weighted by Gasteiger charge is -2.28. The van der Waals surface area contributed by atoms with E-state index >= 15 is 0 Å². The Balaban J connectivity index is 1.87. The average molecular weight is 322 g/mol. The van der Waals surface area contributed by atoms with Crippen LogP contribution in [0.25, 0.3) is 0 Å². The van der Waals surface area contributed by atoms with Gasteiger partial charge in [0.05, 0.1) is 17.4 Å². The number of carbonyl (C=O) groups excluding carboxylic acids is 1. The molecule has 0 amide bonds. The van der Waals surface area contributed by atoms with Gasteiger partial charge in [0.1, 0.15) is 5.82 Å². The van der Waals surface area contributed by atoms with Crippen molar-refractivity contribution in [3.8, 4) is 0 Å². The Morgan fingerprint density at radius 3 is 2.46 bits per heavy atom. The van der Waals surface area contributed by atoms with Crippen LogP contribution in [0.15, 0.2) is 59.8 Å². The summed E-state index contributed by atoms with van der Waals surface area (Å²) < 4.78 is 13.3. The zero-order chi connectivity index (χ0) is 16.7. The number of Topliss-reactive ketones (excluding diaryl/α,β-unsaturated/α-hetero) is 1. The molecule has 1 aliphatic heterocycles. The van der Waals surface area contributed by atoms with Crippen molar-refractivity contribution in [1.82, 2.24) is 0 Å². The first kappa shape index (κ1) is 14.9. The lowest BCUT2D eigenvalue weighted by Crippen LogP contribution is -2.26. The Morgan fingerprint density at radius 1 is 1.00 bits per heavy atom. The summed E-state index contributed by atoms with van der Waals surface area (Å²) in [5.74, 6) is 0.206. The molecule has 1 aliphatic carbocycles. The van der Waals surface area contributed by atoms with E-state index in [9.17, 15) is 9.18 Å². The quantitative estimate of drug-likeness (QED) is 0.802. The van der Waals surface area contributed by atoms with E-state index in [0.717, 1.165) is 34.6 Å². The third-order valence-electron chi connectivity index (χ3n) is 4.72. The highest BCUT2D eigenvalue weighted by Crippen LogP contribution is 2.41. The second-order valence-corrected chi connectivity index (χ2v) is 6.63. The predicted molar refractivity (Wildman–Crippen MR) is 93.3 cm³/mol. The van der Waals surface area contributed by atoms with E-state index in [4.69, 9.17) is 0 Å². The maximum atomic E-state index is 13.3. The van der Waals surface area contributed by atoms with Crippen molar-refractivity contribution in [2.24, 2.45) is 5.92 Å². The van der Waals surface area contributed by atoms with E-state index in [0.29, 0.717) is 12.3 Å². The van der Waals surface area contributed by atoms with Gasteiger partial charge in [0.2, 0.25) is 0 Å². The monoisotopic (exact) mass is 322 g/mol. The minimum atomic E-state index is -0.274. The largest absolute Gasteiger partial charge is 0.372 e. The number of halogens is 1. The SMILES string of the molecule is CC1CC(=O)C2=C(C1)Nc1ccccc1NC2c1ccc(F)cc1. The topological polar surface area (TPSA) is 41.1 Å². The summed E-state index contributed by atoms with van der Waals surface area (Å²) >= 11 is 0. The molecular formula is C20H19FN2O. The van der Waals surface area contributed by atoms with Gasteiger partial charge in [-0.25, -0.2) is 4.39 Å². The summed E-state index contributed by atoms with van der Waals surface area (Å²) in [6.45, 7) is 2.10. The van der Waals surface area contributed by atoms with E-state index in [1.54, 1.807) is 12.1 Å². The first-order valence-electron chi connectivity index (χ1n) is 8.26. The maximum Gasteiger partial charge on any atom is 0.163 e. The third-order valence-corrected chi connectivity index (χ3v) is 4.72. The van der Waals surface area contributed by atoms with E-state index in [2.05, 4.69) is 17.6 Å². The molecule has 0 radical (unpaired) electrons. The van der Waals surface area contributed by atoms with Crippen LogP contribution in [0.3, 0.4) is 0 Å². The molecule has 0 aromatic heterocycles. The number of anilines is 2. The van der Waals surface area contributed by atoms with E-state index < -0.39 is 0 Å². The minimum absolute atomic E-state index is 0.158. The van der Waals surface area contributed by atoms with E-state index in [1.165, 1.54) is 12.1 Å². The molecule has 2 aliphatic rings. The molecule has 0 saturated carbocycles. The van der Waals surface area contributed by atoms with Crippen molar-refractivity contribution in [2.75, 3.05) is 10.6 Å². The number of hydrogen-bond donors (Lipinski definition) is 2. The predicted octanol–water partition coefficient (Wildman–Crippen LogP) is 4.66. The summed E-state index contributed by atoms with van der Waals surface area (Å²) in [5, 5.41) is 6.93. The number of para-hydroxylation sites is 2. The molecule has 2 unspecified atom stereocenters. The van der Waals surface area contributed by atoms with Crippen LogP contribution in [0.1, 0.15) is 31.4 Å². The molecule has 0 spiro atoms. The molecule has 122 valence electrons. The Morgan fingerprint density at radius 2 is 1.71 bits per heavy atom. The van der Waals surface area contributed by atoms with Gasteiger partial charge < -0.3 is 10.6 Å². The number of nitrogens with one attached hydrogen (secondary N) is 2. The number of hydrogen-bond acceptors (Lipinski definition) is 3. The Labute approximate surface area is 140 Å². The molecule has 0 saturated heterocycles. The Hall–Kier alpha value is -2.62. The molecule has 3 nitrogen and oxygen atoms in total. The first-order valence-corrected chi connectivity index (χ1v) is 8.26. The summed E-state index contributed by atoms with van der Waals surface area (Å²) in [6.07, 6.45) is 1.39. The van der Waals surface area contributed by atoms with Crippen molar-refractivity contribution in [1.29, 1.82) is 0 Å². The van der Waals surface area contributed by atoms with Crippen molar-refractivity contribution in [2.45, 2.75) is 25.8 Å². The van der Waals surface area contributed by atoms with Gasteiger partial charge in [-0.15, -0.1) is 0 Å². The second-order valence-electron chi connectivity index (χ2n) is 6.63. The van der Waals surface area contributed by atoms with Crippen LogP contribution in [0.2, 0.25) is 0 Å².